The van der Waals surface area contributed by atoms with E-state index in [0.29, 0.717) is 6.04 Å². The molecule has 2 fully saturated rings. The average Bonchev–Trinajstić information content (AvgIpc) is 2.71. The zero-order chi connectivity index (χ0) is 18.6. The van der Waals surface area contributed by atoms with Gasteiger partial charge in [-0.3, -0.25) is 4.90 Å². The molecule has 6 nitrogen and oxygen atoms in total. The highest BCUT2D eigenvalue weighted by atomic mass is 16.5. The molecule has 27 heavy (non-hydrogen) atoms. The third kappa shape index (κ3) is 4.22. The number of hydrogen-bond donors (Lipinski definition) is 0. The van der Waals surface area contributed by atoms with Gasteiger partial charge in [0.1, 0.15) is 0 Å². The molecule has 144 valence electrons. The van der Waals surface area contributed by atoms with Gasteiger partial charge in [0.05, 0.1) is 13.2 Å². The molecule has 0 bridgehead atoms. The van der Waals surface area contributed by atoms with E-state index in [9.17, 15) is 0 Å². The van der Waals surface area contributed by atoms with Crippen LogP contribution in [-0.2, 0) is 11.3 Å². The van der Waals surface area contributed by atoms with Crippen molar-refractivity contribution in [1.29, 1.82) is 0 Å². The van der Waals surface area contributed by atoms with Gasteiger partial charge in [0.15, 0.2) is 0 Å². The minimum Gasteiger partial charge on any atom is -0.378 e. The minimum absolute atomic E-state index is 0.497. The van der Waals surface area contributed by atoms with E-state index in [-0.39, 0.29) is 0 Å². The van der Waals surface area contributed by atoms with E-state index < -0.39 is 0 Å². The molecule has 3 heterocycles. The molecule has 1 aromatic carbocycles. The number of nitrogens with zero attached hydrogens (tertiary/aromatic N) is 5. The van der Waals surface area contributed by atoms with E-state index in [1.807, 2.05) is 12.4 Å². The molecule has 0 aliphatic carbocycles. The van der Waals surface area contributed by atoms with E-state index in [4.69, 9.17) is 4.74 Å². The van der Waals surface area contributed by atoms with Gasteiger partial charge in [-0.2, -0.15) is 0 Å². The molecule has 2 aliphatic heterocycles. The topological polar surface area (TPSA) is 44.7 Å². The van der Waals surface area contributed by atoms with Crippen molar-refractivity contribution in [1.82, 2.24) is 14.9 Å². The highest BCUT2D eigenvalue weighted by Crippen LogP contribution is 2.23. The Morgan fingerprint density at radius 3 is 2.44 bits per heavy atom. The van der Waals surface area contributed by atoms with E-state index in [2.05, 4.69) is 62.8 Å². The Bertz CT molecular complexity index is 744. The zero-order valence-corrected chi connectivity index (χ0v) is 16.3. The van der Waals surface area contributed by atoms with Gasteiger partial charge in [-0.15, -0.1) is 0 Å². The molecule has 1 unspecified atom stereocenters. The standard InChI is InChI=1S/C21H29N5O/c1-17-5-3-4-6-20(17)26-8-7-25(18(2)15-26)16-19-13-22-21(23-14-19)24-9-11-27-12-10-24/h3-6,13-14,18H,7-12,15-16H2,1-2H3. The highest BCUT2D eigenvalue weighted by molar-refractivity contribution is 5.53. The summed E-state index contributed by atoms with van der Waals surface area (Å²) in [5, 5.41) is 0. The molecule has 1 atom stereocenters. The lowest BCUT2D eigenvalue weighted by Crippen LogP contribution is -2.51. The van der Waals surface area contributed by atoms with Gasteiger partial charge in [-0.05, 0) is 25.5 Å². The van der Waals surface area contributed by atoms with Gasteiger partial charge >= 0.3 is 0 Å². The summed E-state index contributed by atoms with van der Waals surface area (Å²) >= 11 is 0. The van der Waals surface area contributed by atoms with Crippen LogP contribution < -0.4 is 9.80 Å². The van der Waals surface area contributed by atoms with Gasteiger partial charge in [-0.25, -0.2) is 9.97 Å². The fraction of sp³-hybridized carbons (Fsp3) is 0.524. The van der Waals surface area contributed by atoms with Crippen molar-refractivity contribution >= 4 is 11.6 Å². The number of hydrogen-bond acceptors (Lipinski definition) is 6. The van der Waals surface area contributed by atoms with Crippen molar-refractivity contribution < 1.29 is 4.74 Å². The maximum Gasteiger partial charge on any atom is 0.225 e. The van der Waals surface area contributed by atoms with Crippen molar-refractivity contribution in [3.05, 3.63) is 47.8 Å². The van der Waals surface area contributed by atoms with Crippen molar-refractivity contribution in [2.45, 2.75) is 26.4 Å². The molecule has 0 radical (unpaired) electrons. The monoisotopic (exact) mass is 367 g/mol. The number of morpholine rings is 1. The van der Waals surface area contributed by atoms with Crippen LogP contribution >= 0.6 is 0 Å². The number of para-hydroxylation sites is 1. The molecule has 2 aromatic rings. The van der Waals surface area contributed by atoms with Gasteiger partial charge in [0, 0.05) is 69.0 Å². The molecule has 0 amide bonds. The van der Waals surface area contributed by atoms with Gasteiger partial charge in [0.2, 0.25) is 5.95 Å². The van der Waals surface area contributed by atoms with Crippen LogP contribution in [0.5, 0.6) is 0 Å². The largest absolute Gasteiger partial charge is 0.378 e. The third-order valence-corrected chi connectivity index (χ3v) is 5.59. The number of anilines is 2. The van der Waals surface area contributed by atoms with Crippen molar-refractivity contribution in [3.63, 3.8) is 0 Å². The number of aromatic nitrogens is 2. The summed E-state index contributed by atoms with van der Waals surface area (Å²) < 4.78 is 5.40. The Morgan fingerprint density at radius 2 is 1.74 bits per heavy atom. The predicted octanol–water partition coefficient (Wildman–Crippen LogP) is 2.33. The summed E-state index contributed by atoms with van der Waals surface area (Å²) in [6.45, 7) is 11.8. The number of rotatable bonds is 4. The second kappa shape index (κ2) is 8.23. The number of piperazine rings is 1. The smallest absolute Gasteiger partial charge is 0.225 e. The molecule has 4 rings (SSSR count). The van der Waals surface area contributed by atoms with E-state index in [1.165, 1.54) is 16.8 Å². The lowest BCUT2D eigenvalue weighted by molar-refractivity contribution is 0.122. The first-order chi connectivity index (χ1) is 13.2. The minimum atomic E-state index is 0.497. The molecule has 2 aliphatic rings. The summed E-state index contributed by atoms with van der Waals surface area (Å²) in [6.07, 6.45) is 3.97. The summed E-state index contributed by atoms with van der Waals surface area (Å²) in [6, 6.07) is 9.17. The van der Waals surface area contributed by atoms with Gasteiger partial charge in [-0.1, -0.05) is 18.2 Å². The number of aryl methyl sites for hydroxylation is 1. The molecular weight excluding hydrogens is 338 g/mol. The fourth-order valence-corrected chi connectivity index (χ4v) is 3.96. The van der Waals surface area contributed by atoms with E-state index in [1.54, 1.807) is 0 Å². The van der Waals surface area contributed by atoms with Gasteiger partial charge in [0.25, 0.3) is 0 Å². The van der Waals surface area contributed by atoms with Gasteiger partial charge < -0.3 is 14.5 Å². The summed E-state index contributed by atoms with van der Waals surface area (Å²) in [4.78, 5) is 16.4. The van der Waals surface area contributed by atoms with Crippen LogP contribution in [0.25, 0.3) is 0 Å². The first kappa shape index (κ1) is 18.2. The highest BCUT2D eigenvalue weighted by Gasteiger charge is 2.24. The Balaban J connectivity index is 1.35. The quantitative estimate of drug-likeness (QED) is 0.826. The normalized spacial score (nSPS) is 21.5. The Morgan fingerprint density at radius 1 is 1.00 bits per heavy atom. The Labute approximate surface area is 161 Å². The van der Waals surface area contributed by atoms with E-state index >= 15 is 0 Å². The zero-order valence-electron chi connectivity index (χ0n) is 16.3. The summed E-state index contributed by atoms with van der Waals surface area (Å²) in [5.74, 6) is 0.819. The van der Waals surface area contributed by atoms with Crippen LogP contribution in [0, 0.1) is 6.92 Å². The van der Waals surface area contributed by atoms with Crippen molar-refractivity contribution in [3.8, 4) is 0 Å². The molecule has 2 saturated heterocycles. The maximum atomic E-state index is 5.40. The van der Waals surface area contributed by atoms with Crippen molar-refractivity contribution in [2.24, 2.45) is 0 Å². The lowest BCUT2D eigenvalue weighted by atomic mass is 10.1. The first-order valence-electron chi connectivity index (χ1n) is 9.89. The number of benzene rings is 1. The molecule has 0 saturated carbocycles. The summed E-state index contributed by atoms with van der Waals surface area (Å²) in [5.41, 5.74) is 3.90. The fourth-order valence-electron chi connectivity index (χ4n) is 3.96. The summed E-state index contributed by atoms with van der Waals surface area (Å²) in [7, 11) is 0. The van der Waals surface area contributed by atoms with Crippen LogP contribution in [0.15, 0.2) is 36.7 Å². The second-order valence-corrected chi connectivity index (χ2v) is 7.54. The second-order valence-electron chi connectivity index (χ2n) is 7.54. The third-order valence-electron chi connectivity index (χ3n) is 5.59. The molecule has 0 N–H and O–H groups in total. The van der Waals surface area contributed by atoms with Crippen LogP contribution in [-0.4, -0.2) is 66.8 Å². The van der Waals surface area contributed by atoms with Crippen LogP contribution in [0.4, 0.5) is 11.6 Å². The van der Waals surface area contributed by atoms with Crippen LogP contribution in [0.1, 0.15) is 18.1 Å². The average molecular weight is 367 g/mol. The maximum absolute atomic E-state index is 5.40. The molecule has 1 aromatic heterocycles. The van der Waals surface area contributed by atoms with Crippen molar-refractivity contribution in [2.75, 3.05) is 55.7 Å². The Kier molecular flexibility index (Phi) is 5.55. The lowest BCUT2D eigenvalue weighted by Gasteiger charge is -2.41. The van der Waals surface area contributed by atoms with Crippen LogP contribution in [0.2, 0.25) is 0 Å². The van der Waals surface area contributed by atoms with Crippen LogP contribution in [0.3, 0.4) is 0 Å². The van der Waals surface area contributed by atoms with E-state index in [0.717, 1.165) is 58.4 Å². The molecule has 6 heteroatoms. The Hall–Kier alpha value is -2.18. The predicted molar refractivity (Wildman–Crippen MR) is 108 cm³/mol. The first-order valence-corrected chi connectivity index (χ1v) is 9.89. The molecule has 0 spiro atoms. The molecular formula is C21H29N5O. The number of ether oxygens (including phenoxy) is 1. The SMILES string of the molecule is Cc1ccccc1N1CCN(Cc2cnc(N3CCOCC3)nc2)C(C)C1.